The molecule has 1 rings (SSSR count). The summed E-state index contributed by atoms with van der Waals surface area (Å²) in [5.41, 5.74) is 1.53. The van der Waals surface area contributed by atoms with Crippen LogP contribution in [-0.2, 0) is 9.59 Å². The Morgan fingerprint density at radius 3 is 2.29 bits per heavy atom. The number of amides is 2. The van der Waals surface area contributed by atoms with Crippen LogP contribution in [0, 0.1) is 0 Å². The van der Waals surface area contributed by atoms with E-state index in [2.05, 4.69) is 10.6 Å². The molecule has 2 amide bonds. The van der Waals surface area contributed by atoms with Crippen molar-refractivity contribution in [2.75, 3.05) is 0 Å². The van der Waals surface area contributed by atoms with E-state index in [9.17, 15) is 9.59 Å². The lowest BCUT2D eigenvalue weighted by Gasteiger charge is -2.10. The van der Waals surface area contributed by atoms with Gasteiger partial charge in [0.15, 0.2) is 0 Å². The Balaban J connectivity index is 2.56. The SMILES string of the molecule is CCCC(=O)NC1=C(NC(=O)CCC)CC=C1. The lowest BCUT2D eigenvalue weighted by molar-refractivity contribution is -0.121. The lowest BCUT2D eigenvalue weighted by atomic mass is 10.2. The largest absolute Gasteiger partial charge is 0.327 e. The first-order chi connectivity index (χ1) is 8.17. The summed E-state index contributed by atoms with van der Waals surface area (Å²) in [5.74, 6) is 0.00438. The molecule has 0 heterocycles. The molecule has 0 unspecified atom stereocenters. The molecule has 17 heavy (non-hydrogen) atoms. The average molecular weight is 236 g/mol. The van der Waals surface area contributed by atoms with Crippen molar-refractivity contribution in [1.29, 1.82) is 0 Å². The van der Waals surface area contributed by atoms with Gasteiger partial charge in [-0.15, -0.1) is 0 Å². The molecule has 0 aromatic carbocycles. The van der Waals surface area contributed by atoms with Crippen LogP contribution in [0.25, 0.3) is 0 Å². The van der Waals surface area contributed by atoms with Crippen LogP contribution in [0.1, 0.15) is 46.0 Å². The highest BCUT2D eigenvalue weighted by Crippen LogP contribution is 2.14. The molecule has 0 bridgehead atoms. The molecule has 0 aliphatic heterocycles. The van der Waals surface area contributed by atoms with Gasteiger partial charge in [-0.1, -0.05) is 19.9 Å². The fourth-order valence-corrected chi connectivity index (χ4v) is 1.64. The third-order valence-electron chi connectivity index (χ3n) is 2.45. The second-order valence-electron chi connectivity index (χ2n) is 4.10. The highest BCUT2D eigenvalue weighted by atomic mass is 16.2. The molecule has 4 nitrogen and oxygen atoms in total. The monoisotopic (exact) mass is 236 g/mol. The molecule has 4 heteroatoms. The molecule has 1 aliphatic rings. The summed E-state index contributed by atoms with van der Waals surface area (Å²) >= 11 is 0. The second-order valence-corrected chi connectivity index (χ2v) is 4.10. The minimum atomic E-state index is -0.00343. The van der Waals surface area contributed by atoms with Gasteiger partial charge in [-0.05, 0) is 18.9 Å². The molecule has 0 spiro atoms. The highest BCUT2D eigenvalue weighted by molar-refractivity contribution is 5.81. The Labute approximate surface area is 102 Å². The van der Waals surface area contributed by atoms with Gasteiger partial charge in [-0.25, -0.2) is 0 Å². The molecular weight excluding hydrogens is 216 g/mol. The number of hydrogen-bond acceptors (Lipinski definition) is 2. The molecule has 94 valence electrons. The van der Waals surface area contributed by atoms with Crippen molar-refractivity contribution in [3.8, 4) is 0 Å². The summed E-state index contributed by atoms with van der Waals surface area (Å²) < 4.78 is 0. The van der Waals surface area contributed by atoms with E-state index < -0.39 is 0 Å². The predicted octanol–water partition coefficient (Wildman–Crippen LogP) is 1.99. The van der Waals surface area contributed by atoms with Gasteiger partial charge >= 0.3 is 0 Å². The third-order valence-corrected chi connectivity index (χ3v) is 2.45. The molecular formula is C13H20N2O2. The van der Waals surface area contributed by atoms with E-state index >= 15 is 0 Å². The van der Waals surface area contributed by atoms with Crippen LogP contribution in [0.15, 0.2) is 23.5 Å². The highest BCUT2D eigenvalue weighted by Gasteiger charge is 2.13. The smallest absolute Gasteiger partial charge is 0.224 e. The van der Waals surface area contributed by atoms with Crippen molar-refractivity contribution in [1.82, 2.24) is 10.6 Å². The van der Waals surface area contributed by atoms with Gasteiger partial charge in [-0.2, -0.15) is 0 Å². The van der Waals surface area contributed by atoms with Crippen LogP contribution in [0.4, 0.5) is 0 Å². The standard InChI is InChI=1S/C13H20N2O2/c1-3-6-12(16)14-10-8-5-9-11(10)15-13(17)7-4-2/h5,8H,3-4,6-7,9H2,1-2H3,(H,14,16)(H,15,17). The summed E-state index contributed by atoms with van der Waals surface area (Å²) in [7, 11) is 0. The van der Waals surface area contributed by atoms with E-state index in [1.165, 1.54) is 0 Å². The Kier molecular flexibility index (Phi) is 5.46. The molecule has 0 aromatic heterocycles. The number of carbonyl (C=O) groups excluding carboxylic acids is 2. The van der Waals surface area contributed by atoms with Crippen molar-refractivity contribution in [2.24, 2.45) is 0 Å². The number of nitrogens with one attached hydrogen (secondary N) is 2. The lowest BCUT2D eigenvalue weighted by Crippen LogP contribution is -2.28. The zero-order valence-corrected chi connectivity index (χ0v) is 10.5. The van der Waals surface area contributed by atoms with Gasteiger partial charge < -0.3 is 10.6 Å². The molecule has 0 saturated heterocycles. The maximum Gasteiger partial charge on any atom is 0.224 e. The summed E-state index contributed by atoms with van der Waals surface area (Å²) in [4.78, 5) is 22.9. The Hall–Kier alpha value is -1.58. The summed E-state index contributed by atoms with van der Waals surface area (Å²) in [6, 6.07) is 0. The number of hydrogen-bond donors (Lipinski definition) is 2. The van der Waals surface area contributed by atoms with Crippen molar-refractivity contribution in [3.63, 3.8) is 0 Å². The molecule has 0 saturated carbocycles. The first-order valence-electron chi connectivity index (χ1n) is 6.16. The van der Waals surface area contributed by atoms with E-state index in [1.807, 2.05) is 26.0 Å². The minimum absolute atomic E-state index is 0.00343. The minimum Gasteiger partial charge on any atom is -0.327 e. The van der Waals surface area contributed by atoms with Crippen molar-refractivity contribution in [3.05, 3.63) is 23.5 Å². The van der Waals surface area contributed by atoms with Gasteiger partial charge in [0.25, 0.3) is 0 Å². The first-order valence-corrected chi connectivity index (χ1v) is 6.16. The topological polar surface area (TPSA) is 58.2 Å². The van der Waals surface area contributed by atoms with Crippen LogP contribution in [0.5, 0.6) is 0 Å². The Bertz CT molecular complexity index is 356. The molecule has 0 atom stereocenters. The predicted molar refractivity (Wildman–Crippen MR) is 66.9 cm³/mol. The van der Waals surface area contributed by atoms with Crippen molar-refractivity contribution >= 4 is 11.8 Å². The first kappa shape index (κ1) is 13.5. The van der Waals surface area contributed by atoms with Gasteiger partial charge in [0.1, 0.15) is 0 Å². The molecule has 2 N–H and O–H groups in total. The Morgan fingerprint density at radius 1 is 1.12 bits per heavy atom. The van der Waals surface area contributed by atoms with Gasteiger partial charge in [0.2, 0.25) is 11.8 Å². The van der Waals surface area contributed by atoms with Crippen molar-refractivity contribution in [2.45, 2.75) is 46.0 Å². The molecule has 0 fully saturated rings. The van der Waals surface area contributed by atoms with Crippen LogP contribution in [0.3, 0.4) is 0 Å². The van der Waals surface area contributed by atoms with E-state index in [0.717, 1.165) is 24.2 Å². The van der Waals surface area contributed by atoms with Crippen LogP contribution >= 0.6 is 0 Å². The molecule has 0 radical (unpaired) electrons. The van der Waals surface area contributed by atoms with E-state index in [0.29, 0.717) is 19.3 Å². The number of rotatable bonds is 6. The maximum absolute atomic E-state index is 11.5. The summed E-state index contributed by atoms with van der Waals surface area (Å²) in [5, 5.41) is 5.66. The fourth-order valence-electron chi connectivity index (χ4n) is 1.64. The van der Waals surface area contributed by atoms with Crippen LogP contribution in [0.2, 0.25) is 0 Å². The zero-order chi connectivity index (χ0) is 12.7. The van der Waals surface area contributed by atoms with Crippen LogP contribution in [-0.4, -0.2) is 11.8 Å². The van der Waals surface area contributed by atoms with E-state index in [1.54, 1.807) is 0 Å². The summed E-state index contributed by atoms with van der Waals surface area (Å²) in [6.45, 7) is 3.92. The quantitative estimate of drug-likeness (QED) is 0.741. The number of allylic oxidation sites excluding steroid dienone is 2. The zero-order valence-electron chi connectivity index (χ0n) is 10.5. The van der Waals surface area contributed by atoms with E-state index in [4.69, 9.17) is 0 Å². The van der Waals surface area contributed by atoms with Gasteiger partial charge in [0, 0.05) is 25.0 Å². The summed E-state index contributed by atoms with van der Waals surface area (Å²) in [6.07, 6.45) is 7.12. The molecule has 0 aromatic rings. The number of carbonyl (C=O) groups is 2. The maximum atomic E-state index is 11.5. The average Bonchev–Trinajstić information content (AvgIpc) is 2.66. The van der Waals surface area contributed by atoms with Crippen LogP contribution < -0.4 is 10.6 Å². The Morgan fingerprint density at radius 2 is 1.71 bits per heavy atom. The normalized spacial score (nSPS) is 14.0. The fraction of sp³-hybridized carbons (Fsp3) is 0.538. The van der Waals surface area contributed by atoms with Gasteiger partial charge in [-0.3, -0.25) is 9.59 Å². The van der Waals surface area contributed by atoms with Gasteiger partial charge in [0.05, 0.1) is 5.70 Å². The second kappa shape index (κ2) is 6.89. The van der Waals surface area contributed by atoms with Crippen molar-refractivity contribution < 1.29 is 9.59 Å². The third kappa shape index (κ3) is 4.43. The van der Waals surface area contributed by atoms with E-state index in [-0.39, 0.29) is 11.8 Å². The molecule has 1 aliphatic carbocycles.